The van der Waals surface area contributed by atoms with Gasteiger partial charge in [-0.25, -0.2) is 0 Å². The molecule has 0 heterocycles. The van der Waals surface area contributed by atoms with Crippen molar-refractivity contribution < 1.29 is 9.59 Å². The molecule has 1 N–H and O–H groups in total. The van der Waals surface area contributed by atoms with Crippen LogP contribution in [0.1, 0.15) is 30.9 Å². The highest BCUT2D eigenvalue weighted by Gasteiger charge is 2.28. The lowest BCUT2D eigenvalue weighted by atomic mass is 10.1. The van der Waals surface area contributed by atoms with Crippen LogP contribution in [0.2, 0.25) is 15.1 Å². The number of benzene rings is 2. The summed E-state index contributed by atoms with van der Waals surface area (Å²) in [6.45, 7) is 2.15. The number of rotatable bonds is 8. The Morgan fingerprint density at radius 2 is 1.75 bits per heavy atom. The van der Waals surface area contributed by atoms with E-state index in [1.807, 2.05) is 25.1 Å². The van der Waals surface area contributed by atoms with Gasteiger partial charge in [0.2, 0.25) is 11.8 Å². The highest BCUT2D eigenvalue weighted by Crippen LogP contribution is 2.24. The van der Waals surface area contributed by atoms with Gasteiger partial charge in [0, 0.05) is 25.0 Å². The molecule has 2 aromatic rings. The first-order chi connectivity index (χ1) is 13.4. The molecule has 0 aromatic heterocycles. The third-order valence-electron chi connectivity index (χ3n) is 4.54. The van der Waals surface area contributed by atoms with Gasteiger partial charge in [-0.05, 0) is 42.2 Å². The van der Waals surface area contributed by atoms with Crippen molar-refractivity contribution in [3.05, 3.63) is 68.7 Å². The number of halogens is 3. The Bertz CT molecular complexity index is 842. The average Bonchev–Trinajstić information content (AvgIpc) is 2.69. The first kappa shape index (κ1) is 22.5. The normalized spacial score (nSPS) is 11.8. The molecule has 0 unspecified atom stereocenters. The second kappa shape index (κ2) is 10.7. The topological polar surface area (TPSA) is 49.4 Å². The van der Waals surface area contributed by atoms with Crippen molar-refractivity contribution in [1.29, 1.82) is 0 Å². The van der Waals surface area contributed by atoms with Crippen LogP contribution in [0, 0.1) is 0 Å². The van der Waals surface area contributed by atoms with E-state index in [9.17, 15) is 9.59 Å². The second-order valence-corrected chi connectivity index (χ2v) is 7.62. The summed E-state index contributed by atoms with van der Waals surface area (Å²) < 4.78 is 0. The highest BCUT2D eigenvalue weighted by atomic mass is 35.5. The van der Waals surface area contributed by atoms with E-state index in [1.54, 1.807) is 36.2 Å². The summed E-state index contributed by atoms with van der Waals surface area (Å²) in [7, 11) is 1.57. The Balaban J connectivity index is 2.23. The Hall–Kier alpha value is -1.75. The summed E-state index contributed by atoms with van der Waals surface area (Å²) in [5.41, 5.74) is 1.71. The smallest absolute Gasteiger partial charge is 0.242 e. The molecular weight excluding hydrogens is 419 g/mol. The quantitative estimate of drug-likeness (QED) is 0.617. The molecule has 7 heteroatoms. The highest BCUT2D eigenvalue weighted by molar-refractivity contribution is 6.42. The summed E-state index contributed by atoms with van der Waals surface area (Å²) in [5.74, 6) is -0.324. The van der Waals surface area contributed by atoms with Gasteiger partial charge >= 0.3 is 0 Å². The lowest BCUT2D eigenvalue weighted by Crippen LogP contribution is -2.48. The maximum Gasteiger partial charge on any atom is 0.242 e. The molecular formula is C21H23Cl3N2O2. The molecule has 0 fully saturated rings. The van der Waals surface area contributed by atoms with Crippen molar-refractivity contribution in [2.75, 3.05) is 7.05 Å². The number of likely N-dealkylation sites (N-methyl/N-ethyl adjacent to an activating group) is 1. The fourth-order valence-electron chi connectivity index (χ4n) is 3.01. The van der Waals surface area contributed by atoms with Crippen LogP contribution in [-0.4, -0.2) is 29.8 Å². The van der Waals surface area contributed by atoms with Gasteiger partial charge < -0.3 is 10.2 Å². The van der Waals surface area contributed by atoms with E-state index >= 15 is 0 Å². The molecule has 0 aliphatic carbocycles. The van der Waals surface area contributed by atoms with Crippen molar-refractivity contribution in [1.82, 2.24) is 10.2 Å². The fraction of sp³-hybridized carbons (Fsp3) is 0.333. The van der Waals surface area contributed by atoms with Gasteiger partial charge in [-0.2, -0.15) is 0 Å². The van der Waals surface area contributed by atoms with Gasteiger partial charge in [0.15, 0.2) is 0 Å². The molecule has 0 bridgehead atoms. The number of carbonyl (C=O) groups is 2. The molecule has 2 aromatic carbocycles. The Kier molecular flexibility index (Phi) is 8.61. The largest absolute Gasteiger partial charge is 0.357 e. The van der Waals surface area contributed by atoms with Crippen LogP contribution in [0.25, 0.3) is 0 Å². The summed E-state index contributed by atoms with van der Waals surface area (Å²) in [6, 6.07) is 12.1. The minimum Gasteiger partial charge on any atom is -0.357 e. The van der Waals surface area contributed by atoms with Crippen LogP contribution in [0.5, 0.6) is 0 Å². The van der Waals surface area contributed by atoms with E-state index in [1.165, 1.54) is 0 Å². The zero-order chi connectivity index (χ0) is 20.7. The molecule has 2 rings (SSSR count). The number of hydrogen-bond acceptors (Lipinski definition) is 2. The molecule has 4 nitrogen and oxygen atoms in total. The van der Waals surface area contributed by atoms with E-state index in [0.717, 1.165) is 11.1 Å². The molecule has 1 atom stereocenters. The van der Waals surface area contributed by atoms with Crippen molar-refractivity contribution >= 4 is 46.6 Å². The number of amides is 2. The Morgan fingerprint density at radius 1 is 1.04 bits per heavy atom. The molecule has 0 aliphatic heterocycles. The average molecular weight is 442 g/mol. The first-order valence-electron chi connectivity index (χ1n) is 9.05. The van der Waals surface area contributed by atoms with Crippen LogP contribution >= 0.6 is 34.8 Å². The predicted molar refractivity (Wildman–Crippen MR) is 115 cm³/mol. The van der Waals surface area contributed by atoms with Gasteiger partial charge in [0.25, 0.3) is 0 Å². The number of nitrogens with zero attached hydrogens (tertiary/aromatic N) is 1. The van der Waals surface area contributed by atoms with E-state index in [2.05, 4.69) is 5.32 Å². The maximum absolute atomic E-state index is 13.0. The zero-order valence-corrected chi connectivity index (χ0v) is 18.1. The van der Waals surface area contributed by atoms with Crippen molar-refractivity contribution in [2.24, 2.45) is 0 Å². The standard InChI is InChI=1S/C21H23Cl3N2O2/c1-3-19(21(28)25-2)26(13-14-8-10-17(23)18(24)12-14)20(27)11-9-15-6-4-5-7-16(15)22/h4-8,10,12,19H,3,9,11,13H2,1-2H3,(H,25,28)/t19-/m1/s1. The third-order valence-corrected chi connectivity index (χ3v) is 5.64. The lowest BCUT2D eigenvalue weighted by Gasteiger charge is -2.30. The molecule has 0 aliphatic rings. The number of aryl methyl sites for hydroxylation is 1. The minimum atomic E-state index is -0.571. The maximum atomic E-state index is 13.0. The predicted octanol–water partition coefficient (Wildman–Crippen LogP) is 5.13. The van der Waals surface area contributed by atoms with Crippen molar-refractivity contribution in [3.8, 4) is 0 Å². The van der Waals surface area contributed by atoms with Crippen LogP contribution in [0.4, 0.5) is 0 Å². The molecule has 150 valence electrons. The molecule has 28 heavy (non-hydrogen) atoms. The molecule has 0 saturated heterocycles. The summed E-state index contributed by atoms with van der Waals surface area (Å²) in [5, 5.41) is 4.13. The molecule has 2 amide bonds. The number of carbonyl (C=O) groups excluding carboxylic acids is 2. The van der Waals surface area contributed by atoms with Crippen LogP contribution < -0.4 is 5.32 Å². The summed E-state index contributed by atoms with van der Waals surface area (Å²) in [4.78, 5) is 27.0. The van der Waals surface area contributed by atoms with Crippen molar-refractivity contribution in [3.63, 3.8) is 0 Å². The molecule has 0 saturated carbocycles. The van der Waals surface area contributed by atoms with Gasteiger partial charge in [-0.3, -0.25) is 9.59 Å². The monoisotopic (exact) mass is 440 g/mol. The van der Waals surface area contributed by atoms with E-state index in [-0.39, 0.29) is 24.8 Å². The van der Waals surface area contributed by atoms with E-state index in [4.69, 9.17) is 34.8 Å². The second-order valence-electron chi connectivity index (χ2n) is 6.40. The van der Waals surface area contributed by atoms with E-state index in [0.29, 0.717) is 27.9 Å². The third kappa shape index (κ3) is 5.87. The SMILES string of the molecule is CC[C@H](C(=O)NC)N(Cc1ccc(Cl)c(Cl)c1)C(=O)CCc1ccccc1Cl. The van der Waals surface area contributed by atoms with Gasteiger partial charge in [0.1, 0.15) is 6.04 Å². The first-order valence-corrected chi connectivity index (χ1v) is 10.2. The van der Waals surface area contributed by atoms with Crippen LogP contribution in [-0.2, 0) is 22.6 Å². The van der Waals surface area contributed by atoms with Gasteiger partial charge in [-0.15, -0.1) is 0 Å². The van der Waals surface area contributed by atoms with Gasteiger partial charge in [-0.1, -0.05) is 66.0 Å². The summed E-state index contributed by atoms with van der Waals surface area (Å²) >= 11 is 18.3. The van der Waals surface area contributed by atoms with Gasteiger partial charge in [0.05, 0.1) is 10.0 Å². The zero-order valence-electron chi connectivity index (χ0n) is 15.8. The minimum absolute atomic E-state index is 0.124. The van der Waals surface area contributed by atoms with E-state index < -0.39 is 6.04 Å². The van der Waals surface area contributed by atoms with Crippen LogP contribution in [0.15, 0.2) is 42.5 Å². The number of hydrogen-bond donors (Lipinski definition) is 1. The Morgan fingerprint density at radius 3 is 2.36 bits per heavy atom. The molecule has 0 radical (unpaired) electrons. The summed E-state index contributed by atoms with van der Waals surface area (Å²) in [6.07, 6.45) is 1.25. The Labute approximate surface area is 180 Å². The number of nitrogens with one attached hydrogen (secondary N) is 1. The fourth-order valence-corrected chi connectivity index (χ4v) is 3.56. The van der Waals surface area contributed by atoms with Crippen molar-refractivity contribution in [2.45, 2.75) is 38.8 Å². The lowest BCUT2D eigenvalue weighted by molar-refractivity contribution is -0.141. The molecule has 0 spiro atoms. The van der Waals surface area contributed by atoms with Crippen LogP contribution in [0.3, 0.4) is 0 Å².